The van der Waals surface area contributed by atoms with E-state index in [1.165, 1.54) is 16.7 Å². The molecule has 0 bridgehead atoms. The lowest BCUT2D eigenvalue weighted by Crippen LogP contribution is -2.27. The zero-order valence-electron chi connectivity index (χ0n) is 8.82. The van der Waals surface area contributed by atoms with E-state index in [9.17, 15) is 0 Å². The molecule has 3 rings (SSSR count). The molecule has 15 heavy (non-hydrogen) atoms. The van der Waals surface area contributed by atoms with Crippen LogP contribution in [0.5, 0.6) is 0 Å². The van der Waals surface area contributed by atoms with Crippen molar-refractivity contribution in [3.8, 4) is 0 Å². The van der Waals surface area contributed by atoms with Crippen molar-refractivity contribution in [3.05, 3.63) is 34.9 Å². The predicted molar refractivity (Wildman–Crippen MR) is 62.6 cm³/mol. The van der Waals surface area contributed by atoms with Gasteiger partial charge in [0.2, 0.25) is 0 Å². The molecule has 1 aromatic rings. The summed E-state index contributed by atoms with van der Waals surface area (Å²) in [6, 6.07) is 6.59. The number of benzene rings is 1. The summed E-state index contributed by atoms with van der Waals surface area (Å²) in [6.45, 7) is 5.05. The Balaban J connectivity index is 0.000000853. The highest BCUT2D eigenvalue weighted by atomic mass is 35.5. The van der Waals surface area contributed by atoms with Crippen LogP contribution < -0.4 is 5.32 Å². The smallest absolute Gasteiger partial charge is 0.0784 e. The number of hydrogen-bond donors (Lipinski definition) is 1. The van der Waals surface area contributed by atoms with Gasteiger partial charge in [0.25, 0.3) is 0 Å². The third-order valence-corrected chi connectivity index (χ3v) is 3.45. The number of aryl methyl sites for hydroxylation is 1. The molecule has 2 aliphatic rings. The van der Waals surface area contributed by atoms with E-state index in [1.54, 1.807) is 0 Å². The van der Waals surface area contributed by atoms with Crippen LogP contribution in [0, 0.1) is 6.92 Å². The van der Waals surface area contributed by atoms with Gasteiger partial charge in [-0.05, 0) is 23.6 Å². The third-order valence-electron chi connectivity index (χ3n) is 3.45. The van der Waals surface area contributed by atoms with Crippen LogP contribution in [0.2, 0.25) is 0 Å². The van der Waals surface area contributed by atoms with Crippen LogP contribution in [0.15, 0.2) is 18.2 Å². The Labute approximate surface area is 96.4 Å². The van der Waals surface area contributed by atoms with Gasteiger partial charge in [0, 0.05) is 19.0 Å². The molecule has 2 nitrogen and oxygen atoms in total. The van der Waals surface area contributed by atoms with Gasteiger partial charge < -0.3 is 10.1 Å². The van der Waals surface area contributed by atoms with Gasteiger partial charge in [0.15, 0.2) is 0 Å². The number of nitrogens with one attached hydrogen (secondary N) is 1. The molecule has 0 aromatic heterocycles. The maximum absolute atomic E-state index is 5.85. The number of halogens is 1. The summed E-state index contributed by atoms with van der Waals surface area (Å²) < 4.78 is 5.85. The van der Waals surface area contributed by atoms with Crippen molar-refractivity contribution in [2.75, 3.05) is 13.1 Å². The Kier molecular flexibility index (Phi) is 3.01. The van der Waals surface area contributed by atoms with Crippen LogP contribution in [0.4, 0.5) is 0 Å². The molecule has 0 aliphatic carbocycles. The summed E-state index contributed by atoms with van der Waals surface area (Å²) >= 11 is 0. The van der Waals surface area contributed by atoms with E-state index in [4.69, 9.17) is 4.74 Å². The average Bonchev–Trinajstić information content (AvgIpc) is 2.66. The summed E-state index contributed by atoms with van der Waals surface area (Å²) in [4.78, 5) is 0. The number of rotatable bonds is 0. The van der Waals surface area contributed by atoms with E-state index in [0.29, 0.717) is 12.0 Å². The first kappa shape index (κ1) is 10.9. The molecule has 82 valence electrons. The average molecular weight is 226 g/mol. The fourth-order valence-corrected chi connectivity index (χ4v) is 2.60. The molecular formula is C12H16ClNO. The molecule has 0 spiro atoms. The highest BCUT2D eigenvalue weighted by molar-refractivity contribution is 5.85. The molecule has 0 saturated carbocycles. The fourth-order valence-electron chi connectivity index (χ4n) is 2.60. The summed E-state index contributed by atoms with van der Waals surface area (Å²) in [6.07, 6.45) is 0.407. The molecule has 1 aromatic carbocycles. The van der Waals surface area contributed by atoms with E-state index in [-0.39, 0.29) is 12.4 Å². The summed E-state index contributed by atoms with van der Waals surface area (Å²) in [5.74, 6) is 0.582. The van der Waals surface area contributed by atoms with Crippen LogP contribution in [-0.2, 0) is 11.3 Å². The van der Waals surface area contributed by atoms with E-state index in [0.717, 1.165) is 19.7 Å². The van der Waals surface area contributed by atoms with Crippen molar-refractivity contribution in [1.29, 1.82) is 0 Å². The van der Waals surface area contributed by atoms with Gasteiger partial charge in [-0.25, -0.2) is 0 Å². The van der Waals surface area contributed by atoms with Gasteiger partial charge in [-0.2, -0.15) is 0 Å². The van der Waals surface area contributed by atoms with Crippen LogP contribution in [0.3, 0.4) is 0 Å². The van der Waals surface area contributed by atoms with E-state index in [1.807, 2.05) is 0 Å². The second-order valence-electron chi connectivity index (χ2n) is 4.26. The van der Waals surface area contributed by atoms with Crippen molar-refractivity contribution in [1.82, 2.24) is 5.32 Å². The number of hydrogen-bond acceptors (Lipinski definition) is 2. The van der Waals surface area contributed by atoms with E-state index >= 15 is 0 Å². The van der Waals surface area contributed by atoms with Crippen molar-refractivity contribution in [2.45, 2.75) is 25.6 Å². The first-order valence-corrected chi connectivity index (χ1v) is 5.27. The van der Waals surface area contributed by atoms with Gasteiger partial charge in [-0.1, -0.05) is 18.2 Å². The van der Waals surface area contributed by atoms with Crippen LogP contribution in [0.1, 0.15) is 22.6 Å². The van der Waals surface area contributed by atoms with Crippen molar-refractivity contribution in [3.63, 3.8) is 0 Å². The first-order chi connectivity index (χ1) is 6.86. The lowest BCUT2D eigenvalue weighted by molar-refractivity contribution is 0.0296. The molecule has 0 radical (unpaired) electrons. The Morgan fingerprint density at radius 1 is 1.33 bits per heavy atom. The van der Waals surface area contributed by atoms with Crippen molar-refractivity contribution >= 4 is 12.4 Å². The zero-order valence-corrected chi connectivity index (χ0v) is 9.64. The van der Waals surface area contributed by atoms with Gasteiger partial charge in [0.05, 0.1) is 12.7 Å². The second-order valence-corrected chi connectivity index (χ2v) is 4.26. The predicted octanol–water partition coefficient (Wildman–Crippen LogP) is 2.00. The summed E-state index contributed by atoms with van der Waals surface area (Å²) in [5.41, 5.74) is 4.29. The minimum Gasteiger partial charge on any atom is -0.372 e. The van der Waals surface area contributed by atoms with Gasteiger partial charge in [-0.3, -0.25) is 0 Å². The lowest BCUT2D eigenvalue weighted by Gasteiger charge is -2.28. The molecule has 2 unspecified atom stereocenters. The van der Waals surface area contributed by atoms with E-state index in [2.05, 4.69) is 30.4 Å². The largest absolute Gasteiger partial charge is 0.372 e. The van der Waals surface area contributed by atoms with Gasteiger partial charge >= 0.3 is 0 Å². The standard InChI is InChI=1S/C12H15NO.ClH/c1-8-3-2-4-9-10-5-13-6-12(10)14-7-11(8)9;/h2-4,10,12-13H,5-7H2,1H3;1H. The Hall–Kier alpha value is -0.570. The molecule has 1 fully saturated rings. The molecule has 1 saturated heterocycles. The number of fused-ring (bicyclic) bond motifs is 3. The van der Waals surface area contributed by atoms with Gasteiger partial charge in [0.1, 0.15) is 0 Å². The Bertz CT molecular complexity index is 367. The quantitative estimate of drug-likeness (QED) is 0.730. The molecule has 3 heteroatoms. The molecule has 2 heterocycles. The maximum Gasteiger partial charge on any atom is 0.0784 e. The molecule has 0 amide bonds. The SMILES string of the molecule is Cc1cccc2c1COC1CNCC21.Cl. The maximum atomic E-state index is 5.85. The molecule has 2 atom stereocenters. The minimum atomic E-state index is 0. The fraction of sp³-hybridized carbons (Fsp3) is 0.500. The molecular weight excluding hydrogens is 210 g/mol. The normalized spacial score (nSPS) is 27.8. The zero-order chi connectivity index (χ0) is 9.54. The topological polar surface area (TPSA) is 21.3 Å². The minimum absolute atomic E-state index is 0. The van der Waals surface area contributed by atoms with Crippen molar-refractivity contribution in [2.24, 2.45) is 0 Å². The third kappa shape index (κ3) is 1.67. The Morgan fingerprint density at radius 2 is 2.20 bits per heavy atom. The summed E-state index contributed by atoms with van der Waals surface area (Å²) in [7, 11) is 0. The molecule has 2 aliphatic heterocycles. The summed E-state index contributed by atoms with van der Waals surface area (Å²) in [5, 5.41) is 3.40. The van der Waals surface area contributed by atoms with Gasteiger partial charge in [-0.15, -0.1) is 12.4 Å². The lowest BCUT2D eigenvalue weighted by atomic mass is 9.87. The second kappa shape index (κ2) is 4.12. The first-order valence-electron chi connectivity index (χ1n) is 5.27. The Morgan fingerprint density at radius 3 is 3.07 bits per heavy atom. The van der Waals surface area contributed by atoms with Crippen LogP contribution >= 0.6 is 12.4 Å². The van der Waals surface area contributed by atoms with E-state index < -0.39 is 0 Å². The number of ether oxygens (including phenoxy) is 1. The molecule has 1 N–H and O–H groups in total. The highest BCUT2D eigenvalue weighted by Crippen LogP contribution is 2.34. The van der Waals surface area contributed by atoms with Crippen molar-refractivity contribution < 1.29 is 4.74 Å². The van der Waals surface area contributed by atoms with Crippen LogP contribution in [0.25, 0.3) is 0 Å². The highest BCUT2D eigenvalue weighted by Gasteiger charge is 2.34. The van der Waals surface area contributed by atoms with Crippen LogP contribution in [-0.4, -0.2) is 19.2 Å². The monoisotopic (exact) mass is 225 g/mol.